The zero-order chi connectivity index (χ0) is 24.6. The molecule has 0 atom stereocenters. The highest BCUT2D eigenvalue weighted by atomic mass is 16.2. The van der Waals surface area contributed by atoms with Crippen LogP contribution in [0.3, 0.4) is 0 Å². The molecule has 0 N–H and O–H groups in total. The standard InChI is InChI=1S/C28H33NO4/c1-7-8-20-13-18(2)25(19(3)14-20)26-21(30)16-28(17-22(26)31)9-11-29(12-10-28)24(33)15-23(32)27(4,5)6/h9,11,13-14,26H,10,12,15-17H2,1-6H3. The van der Waals surface area contributed by atoms with Crippen molar-refractivity contribution in [1.29, 1.82) is 0 Å². The molecule has 2 aliphatic rings. The summed E-state index contributed by atoms with van der Waals surface area (Å²) in [6.45, 7) is 11.4. The number of benzene rings is 1. The molecule has 1 heterocycles. The van der Waals surface area contributed by atoms with E-state index in [0.717, 1.165) is 22.3 Å². The molecule has 0 aromatic heterocycles. The van der Waals surface area contributed by atoms with Crippen molar-refractivity contribution < 1.29 is 19.2 Å². The molecule has 174 valence electrons. The average Bonchev–Trinajstić information content (AvgIpc) is 2.69. The van der Waals surface area contributed by atoms with Crippen molar-refractivity contribution in [1.82, 2.24) is 4.90 Å². The lowest BCUT2D eigenvalue weighted by molar-refractivity contribution is -0.137. The smallest absolute Gasteiger partial charge is 0.233 e. The second kappa shape index (κ2) is 9.09. The Labute approximate surface area is 196 Å². The maximum absolute atomic E-state index is 13.3. The minimum Gasteiger partial charge on any atom is -0.319 e. The molecule has 1 aliphatic carbocycles. The minimum atomic E-state index is -0.739. The van der Waals surface area contributed by atoms with E-state index in [1.165, 1.54) is 4.90 Å². The summed E-state index contributed by atoms with van der Waals surface area (Å²) in [4.78, 5) is 52.8. The number of ketones is 3. The second-order valence-electron chi connectivity index (χ2n) is 10.5. The van der Waals surface area contributed by atoms with Crippen molar-refractivity contribution in [2.45, 2.75) is 73.1 Å². The third kappa shape index (κ3) is 5.16. The van der Waals surface area contributed by atoms with Gasteiger partial charge in [0.05, 0.1) is 6.42 Å². The zero-order valence-corrected chi connectivity index (χ0v) is 20.5. The number of nitrogens with zero attached hydrogens (tertiary/aromatic N) is 1. The first kappa shape index (κ1) is 24.6. The lowest BCUT2D eigenvalue weighted by Crippen LogP contribution is -2.44. The van der Waals surface area contributed by atoms with Gasteiger partial charge in [0.2, 0.25) is 5.91 Å². The maximum atomic E-state index is 13.3. The third-order valence-electron chi connectivity index (χ3n) is 6.78. The number of carbonyl (C=O) groups excluding carboxylic acids is 4. The Balaban J connectivity index is 1.77. The Morgan fingerprint density at radius 1 is 1.09 bits per heavy atom. The quantitative estimate of drug-likeness (QED) is 0.508. The van der Waals surface area contributed by atoms with Crippen LogP contribution in [-0.4, -0.2) is 34.7 Å². The van der Waals surface area contributed by atoms with Gasteiger partial charge >= 0.3 is 0 Å². The summed E-state index contributed by atoms with van der Waals surface area (Å²) in [5, 5.41) is 0. The Morgan fingerprint density at radius 2 is 1.67 bits per heavy atom. The van der Waals surface area contributed by atoms with E-state index in [1.54, 1.807) is 33.9 Å². The number of rotatable bonds is 3. The first-order valence-electron chi connectivity index (χ1n) is 11.5. The van der Waals surface area contributed by atoms with Gasteiger partial charge in [0.15, 0.2) is 0 Å². The van der Waals surface area contributed by atoms with E-state index in [9.17, 15) is 19.2 Å². The maximum Gasteiger partial charge on any atom is 0.233 e. The average molecular weight is 448 g/mol. The van der Waals surface area contributed by atoms with Gasteiger partial charge in [0.25, 0.3) is 0 Å². The predicted molar refractivity (Wildman–Crippen MR) is 127 cm³/mol. The van der Waals surface area contributed by atoms with Crippen LogP contribution in [0.2, 0.25) is 0 Å². The van der Waals surface area contributed by atoms with Crippen molar-refractivity contribution in [3.63, 3.8) is 0 Å². The number of allylic oxidation sites excluding steroid dienone is 1. The molecule has 1 aromatic carbocycles. The Hall–Kier alpha value is -3.00. The lowest BCUT2D eigenvalue weighted by atomic mass is 9.64. The molecule has 0 saturated heterocycles. The lowest BCUT2D eigenvalue weighted by Gasteiger charge is -2.41. The fourth-order valence-electron chi connectivity index (χ4n) is 4.86. The summed E-state index contributed by atoms with van der Waals surface area (Å²) in [6.07, 6.45) is 4.44. The molecule has 3 rings (SSSR count). The van der Waals surface area contributed by atoms with E-state index in [-0.39, 0.29) is 42.5 Å². The van der Waals surface area contributed by atoms with Crippen molar-refractivity contribution in [3.8, 4) is 11.8 Å². The van der Waals surface area contributed by atoms with Gasteiger partial charge < -0.3 is 4.90 Å². The van der Waals surface area contributed by atoms with E-state index in [4.69, 9.17) is 0 Å². The van der Waals surface area contributed by atoms with Crippen molar-refractivity contribution in [2.75, 3.05) is 6.54 Å². The van der Waals surface area contributed by atoms with Crippen molar-refractivity contribution >= 4 is 23.3 Å². The van der Waals surface area contributed by atoms with E-state index in [1.807, 2.05) is 32.1 Å². The molecule has 5 nitrogen and oxygen atoms in total. The number of hydrogen-bond acceptors (Lipinski definition) is 4. The molecule has 1 fully saturated rings. The van der Waals surface area contributed by atoms with Crippen LogP contribution in [-0.2, 0) is 19.2 Å². The summed E-state index contributed by atoms with van der Waals surface area (Å²) in [6, 6.07) is 3.87. The van der Waals surface area contributed by atoms with Gasteiger partial charge in [-0.2, -0.15) is 0 Å². The molecular formula is C28H33NO4. The highest BCUT2D eigenvalue weighted by molar-refractivity contribution is 6.11. The Morgan fingerprint density at radius 3 is 2.12 bits per heavy atom. The van der Waals surface area contributed by atoms with Crippen molar-refractivity contribution in [3.05, 3.63) is 46.7 Å². The van der Waals surface area contributed by atoms with Crippen LogP contribution in [0.25, 0.3) is 0 Å². The molecule has 5 heteroatoms. The first-order valence-corrected chi connectivity index (χ1v) is 11.5. The fraction of sp³-hybridized carbons (Fsp3) is 0.500. The highest BCUT2D eigenvalue weighted by Crippen LogP contribution is 2.45. The fourth-order valence-corrected chi connectivity index (χ4v) is 4.86. The summed E-state index contributed by atoms with van der Waals surface area (Å²) in [5.74, 6) is 4.70. The molecule has 0 radical (unpaired) electrons. The van der Waals surface area contributed by atoms with Gasteiger partial charge in [-0.3, -0.25) is 19.2 Å². The van der Waals surface area contributed by atoms with Crippen molar-refractivity contribution in [2.24, 2.45) is 10.8 Å². The Kier molecular flexibility index (Phi) is 6.79. The summed E-state index contributed by atoms with van der Waals surface area (Å²) in [5.41, 5.74) is 2.40. The summed E-state index contributed by atoms with van der Waals surface area (Å²) >= 11 is 0. The molecule has 0 unspecified atom stereocenters. The zero-order valence-electron chi connectivity index (χ0n) is 20.5. The van der Waals surface area contributed by atoms with Crippen LogP contribution in [0.5, 0.6) is 0 Å². The molecule has 0 bridgehead atoms. The number of aryl methyl sites for hydroxylation is 2. The van der Waals surface area contributed by atoms with Crippen LogP contribution >= 0.6 is 0 Å². The molecule has 1 spiro atoms. The van der Waals surface area contributed by atoms with Crippen LogP contribution in [0.15, 0.2) is 24.4 Å². The van der Waals surface area contributed by atoms with Gasteiger partial charge in [-0.1, -0.05) is 32.8 Å². The SMILES string of the molecule is CC#Cc1cc(C)c(C2C(=O)CC3(C=CN(C(=O)CC(=O)C(C)(C)C)CC3)CC2=O)c(C)c1. The summed E-state index contributed by atoms with van der Waals surface area (Å²) in [7, 11) is 0. The number of amides is 1. The molecular weight excluding hydrogens is 414 g/mol. The molecule has 1 aromatic rings. The van der Waals surface area contributed by atoms with Crippen LogP contribution in [0.4, 0.5) is 0 Å². The third-order valence-corrected chi connectivity index (χ3v) is 6.78. The molecule has 1 aliphatic heterocycles. The highest BCUT2D eigenvalue weighted by Gasteiger charge is 2.46. The number of hydrogen-bond donors (Lipinski definition) is 0. The van der Waals surface area contributed by atoms with Gasteiger partial charge in [-0.05, 0) is 56.0 Å². The van der Waals surface area contributed by atoms with E-state index in [2.05, 4.69) is 11.8 Å². The first-order chi connectivity index (χ1) is 15.4. The van der Waals surface area contributed by atoms with Crippen LogP contribution in [0.1, 0.15) is 81.5 Å². The molecule has 33 heavy (non-hydrogen) atoms. The molecule has 1 saturated carbocycles. The van der Waals surface area contributed by atoms with Crippen LogP contribution in [0, 0.1) is 36.5 Å². The van der Waals surface area contributed by atoms with E-state index >= 15 is 0 Å². The van der Waals surface area contributed by atoms with Gasteiger partial charge in [0.1, 0.15) is 23.3 Å². The number of carbonyl (C=O) groups is 4. The van der Waals surface area contributed by atoms with E-state index in [0.29, 0.717) is 13.0 Å². The second-order valence-corrected chi connectivity index (χ2v) is 10.5. The molecule has 1 amide bonds. The monoisotopic (exact) mass is 447 g/mol. The van der Waals surface area contributed by atoms with Gasteiger partial charge in [-0.15, -0.1) is 5.92 Å². The largest absolute Gasteiger partial charge is 0.319 e. The number of Topliss-reactive ketones (excluding diaryl/α,β-unsaturated/α-hetero) is 3. The normalized spacial score (nSPS) is 22.8. The predicted octanol–water partition coefficient (Wildman–Crippen LogP) is 4.43. The minimum absolute atomic E-state index is 0.0703. The van der Waals surface area contributed by atoms with Crippen LogP contribution < -0.4 is 0 Å². The van der Waals surface area contributed by atoms with Gasteiger partial charge in [0, 0.05) is 42.0 Å². The van der Waals surface area contributed by atoms with E-state index < -0.39 is 16.7 Å². The Bertz CT molecular complexity index is 1070. The summed E-state index contributed by atoms with van der Waals surface area (Å²) < 4.78 is 0. The topological polar surface area (TPSA) is 71.5 Å². The van der Waals surface area contributed by atoms with Gasteiger partial charge in [-0.25, -0.2) is 0 Å².